The number of carbonyl (C=O) groups is 3. The molecule has 2 aliphatic rings. The summed E-state index contributed by atoms with van der Waals surface area (Å²) in [5.41, 5.74) is 1.24. The van der Waals surface area contributed by atoms with Crippen LogP contribution in [0.4, 0.5) is 10.5 Å². The molecule has 1 atom stereocenters. The van der Waals surface area contributed by atoms with Crippen LogP contribution < -0.4 is 5.32 Å². The van der Waals surface area contributed by atoms with E-state index in [1.807, 2.05) is 24.3 Å². The maximum atomic E-state index is 12.6. The highest BCUT2D eigenvalue weighted by Gasteiger charge is 2.35. The summed E-state index contributed by atoms with van der Waals surface area (Å²) in [5, 5.41) is 13.1. The lowest BCUT2D eigenvalue weighted by Crippen LogP contribution is -2.40. The molecule has 32 heavy (non-hydrogen) atoms. The van der Waals surface area contributed by atoms with Crippen molar-refractivity contribution >= 4 is 63.9 Å². The van der Waals surface area contributed by atoms with Gasteiger partial charge in [-0.05, 0) is 47.5 Å². The van der Waals surface area contributed by atoms with E-state index in [2.05, 4.69) is 5.32 Å². The van der Waals surface area contributed by atoms with E-state index in [4.69, 9.17) is 11.6 Å². The molecule has 164 valence electrons. The predicted octanol–water partition coefficient (Wildman–Crippen LogP) is 4.12. The van der Waals surface area contributed by atoms with Crippen LogP contribution in [0.2, 0.25) is 5.02 Å². The van der Waals surface area contributed by atoms with E-state index in [-0.39, 0.29) is 39.9 Å². The summed E-state index contributed by atoms with van der Waals surface area (Å²) in [7, 11) is 0. The van der Waals surface area contributed by atoms with Crippen LogP contribution in [0.25, 0.3) is 6.08 Å². The largest absolute Gasteiger partial charge is 0.353 e. The molecule has 0 spiro atoms. The van der Waals surface area contributed by atoms with E-state index in [9.17, 15) is 24.5 Å². The van der Waals surface area contributed by atoms with Crippen molar-refractivity contribution in [2.24, 2.45) is 0 Å². The third-order valence-corrected chi connectivity index (χ3v) is 7.46. The lowest BCUT2D eigenvalue weighted by Gasteiger charge is -2.14. The molecular weight excluding hydrogens is 474 g/mol. The lowest BCUT2D eigenvalue weighted by atomic mass is 10.1. The third kappa shape index (κ3) is 4.67. The summed E-state index contributed by atoms with van der Waals surface area (Å²) in [6, 6.07) is 12.0. The molecule has 2 aliphatic heterocycles. The Kier molecular flexibility index (Phi) is 6.54. The van der Waals surface area contributed by atoms with Crippen molar-refractivity contribution in [3.63, 3.8) is 0 Å². The lowest BCUT2D eigenvalue weighted by molar-refractivity contribution is -0.384. The first-order valence-electron chi connectivity index (χ1n) is 9.55. The van der Waals surface area contributed by atoms with Gasteiger partial charge in [0, 0.05) is 24.1 Å². The van der Waals surface area contributed by atoms with Crippen molar-refractivity contribution in [2.45, 2.75) is 16.6 Å². The number of fused-ring (bicyclic) bond motifs is 1. The number of nitro benzene ring substituents is 1. The van der Waals surface area contributed by atoms with Crippen molar-refractivity contribution < 1.29 is 19.3 Å². The number of amides is 3. The number of hydrogen-bond donors (Lipinski definition) is 1. The fourth-order valence-electron chi connectivity index (χ4n) is 3.34. The van der Waals surface area contributed by atoms with Gasteiger partial charge in [0.1, 0.15) is 5.02 Å². The third-order valence-electron chi connectivity index (χ3n) is 4.91. The zero-order chi connectivity index (χ0) is 22.8. The minimum absolute atomic E-state index is 0.0143. The summed E-state index contributed by atoms with van der Waals surface area (Å²) >= 11 is 8.06. The van der Waals surface area contributed by atoms with Gasteiger partial charge in [-0.3, -0.25) is 29.4 Å². The van der Waals surface area contributed by atoms with Gasteiger partial charge in [-0.2, -0.15) is 0 Å². The number of hydrogen-bond acceptors (Lipinski definition) is 7. The Morgan fingerprint density at radius 2 is 2.06 bits per heavy atom. The highest BCUT2D eigenvalue weighted by molar-refractivity contribution is 8.18. The highest BCUT2D eigenvalue weighted by Crippen LogP contribution is 2.37. The van der Waals surface area contributed by atoms with Gasteiger partial charge in [-0.15, -0.1) is 11.8 Å². The zero-order valence-corrected chi connectivity index (χ0v) is 18.8. The van der Waals surface area contributed by atoms with Crippen LogP contribution in [0.3, 0.4) is 0 Å². The van der Waals surface area contributed by atoms with Crippen LogP contribution >= 0.6 is 35.1 Å². The summed E-state index contributed by atoms with van der Waals surface area (Å²) < 4.78 is 0. The van der Waals surface area contributed by atoms with Gasteiger partial charge in [0.25, 0.3) is 16.8 Å². The second-order valence-electron chi connectivity index (χ2n) is 7.01. The molecule has 1 unspecified atom stereocenters. The van der Waals surface area contributed by atoms with Gasteiger partial charge in [0.15, 0.2) is 0 Å². The SMILES string of the molecule is O=C(NCCN1C(=O)S/C(=C\c2ccc(Cl)c([N+](=O)[O-])c2)C1=O)C1Cc2ccccc2S1. The fourth-order valence-corrected chi connectivity index (χ4v) is 5.61. The number of imide groups is 1. The highest BCUT2D eigenvalue weighted by atomic mass is 35.5. The molecule has 1 saturated heterocycles. The Morgan fingerprint density at radius 3 is 2.81 bits per heavy atom. The van der Waals surface area contributed by atoms with E-state index >= 15 is 0 Å². The maximum Gasteiger partial charge on any atom is 0.293 e. The van der Waals surface area contributed by atoms with Gasteiger partial charge in [-0.25, -0.2) is 0 Å². The molecule has 1 fully saturated rings. The number of thioether (sulfide) groups is 2. The number of nitrogens with one attached hydrogen (secondary N) is 1. The molecular formula is C21H16ClN3O5S2. The number of benzene rings is 2. The molecule has 2 aromatic rings. The van der Waals surface area contributed by atoms with E-state index in [0.717, 1.165) is 27.1 Å². The minimum Gasteiger partial charge on any atom is -0.353 e. The Morgan fingerprint density at radius 1 is 1.28 bits per heavy atom. The molecule has 4 rings (SSSR count). The second kappa shape index (κ2) is 9.35. The monoisotopic (exact) mass is 489 g/mol. The first-order chi connectivity index (χ1) is 15.3. The van der Waals surface area contributed by atoms with Gasteiger partial charge >= 0.3 is 0 Å². The Hall–Kier alpha value is -2.82. The van der Waals surface area contributed by atoms with Gasteiger partial charge in [0.2, 0.25) is 5.91 Å². The molecule has 8 nitrogen and oxygen atoms in total. The van der Waals surface area contributed by atoms with Crippen LogP contribution in [-0.4, -0.2) is 45.2 Å². The smallest absolute Gasteiger partial charge is 0.293 e. The molecule has 3 amide bonds. The van der Waals surface area contributed by atoms with Crippen LogP contribution in [0.5, 0.6) is 0 Å². The van der Waals surface area contributed by atoms with Crippen LogP contribution in [0, 0.1) is 10.1 Å². The minimum atomic E-state index is -0.616. The summed E-state index contributed by atoms with van der Waals surface area (Å²) in [5.74, 6) is -0.642. The first kappa shape index (κ1) is 22.4. The maximum absolute atomic E-state index is 12.6. The number of halogens is 1. The molecule has 11 heteroatoms. The van der Waals surface area contributed by atoms with E-state index in [1.54, 1.807) is 0 Å². The Bertz CT molecular complexity index is 1140. The first-order valence-corrected chi connectivity index (χ1v) is 11.6. The van der Waals surface area contributed by atoms with Crippen molar-refractivity contribution in [3.8, 4) is 0 Å². The average Bonchev–Trinajstić information content (AvgIpc) is 3.31. The number of nitro groups is 1. The Balaban J connectivity index is 1.35. The van der Waals surface area contributed by atoms with Crippen molar-refractivity contribution in [2.75, 3.05) is 13.1 Å². The summed E-state index contributed by atoms with van der Waals surface area (Å²) in [6.07, 6.45) is 2.06. The quantitative estimate of drug-likeness (QED) is 0.369. The van der Waals surface area contributed by atoms with Crippen LogP contribution in [0.1, 0.15) is 11.1 Å². The second-order valence-corrected chi connectivity index (χ2v) is 9.66. The number of carbonyl (C=O) groups excluding carboxylic acids is 3. The number of nitrogens with zero attached hydrogens (tertiary/aromatic N) is 2. The fraction of sp³-hybridized carbons (Fsp3) is 0.190. The molecule has 0 aromatic heterocycles. The van der Waals surface area contributed by atoms with Gasteiger partial charge < -0.3 is 5.32 Å². The molecule has 0 aliphatic carbocycles. The Labute approximate surface area is 196 Å². The van der Waals surface area contributed by atoms with Crippen molar-refractivity contribution in [1.82, 2.24) is 10.2 Å². The average molecular weight is 490 g/mol. The molecule has 1 N–H and O–H groups in total. The number of rotatable bonds is 6. The predicted molar refractivity (Wildman–Crippen MR) is 124 cm³/mol. The molecule has 0 saturated carbocycles. The van der Waals surface area contributed by atoms with Gasteiger partial charge in [0.05, 0.1) is 15.1 Å². The molecule has 2 aromatic carbocycles. The standard InChI is InChI=1S/C21H16ClN3O5S2/c22-14-6-5-12(9-15(14)25(29)30)10-18-20(27)24(21(28)32-18)8-7-23-19(26)17-11-13-3-1-2-4-16(13)31-17/h1-6,9-10,17H,7-8,11H2,(H,23,26)/b18-10-. The topological polar surface area (TPSA) is 110 Å². The van der Waals surface area contributed by atoms with Gasteiger partial charge in [-0.1, -0.05) is 35.9 Å². The van der Waals surface area contributed by atoms with Crippen molar-refractivity contribution in [3.05, 3.63) is 73.6 Å². The molecule has 0 bridgehead atoms. The molecule has 2 heterocycles. The zero-order valence-electron chi connectivity index (χ0n) is 16.4. The van der Waals surface area contributed by atoms with E-state index in [1.165, 1.54) is 36.0 Å². The normalized spacial score (nSPS) is 18.8. The van der Waals surface area contributed by atoms with Crippen LogP contribution in [-0.2, 0) is 16.0 Å². The molecule has 0 radical (unpaired) electrons. The van der Waals surface area contributed by atoms with Crippen LogP contribution in [0.15, 0.2) is 52.3 Å². The van der Waals surface area contributed by atoms with Crippen molar-refractivity contribution in [1.29, 1.82) is 0 Å². The summed E-state index contributed by atoms with van der Waals surface area (Å²) in [6.45, 7) is 0.183. The summed E-state index contributed by atoms with van der Waals surface area (Å²) in [4.78, 5) is 50.1. The van der Waals surface area contributed by atoms with E-state index in [0.29, 0.717) is 12.0 Å². The van der Waals surface area contributed by atoms with E-state index < -0.39 is 16.1 Å².